The van der Waals surface area contributed by atoms with E-state index in [0.29, 0.717) is 16.3 Å². The van der Waals surface area contributed by atoms with Crippen LogP contribution in [-0.2, 0) is 0 Å². The molecule has 0 saturated carbocycles. The number of nitrogens with one attached hydrogen (secondary N) is 1. The lowest BCUT2D eigenvalue weighted by atomic mass is 10.0. The van der Waals surface area contributed by atoms with Crippen molar-refractivity contribution in [1.29, 1.82) is 0 Å². The molecule has 28 heavy (non-hydrogen) atoms. The van der Waals surface area contributed by atoms with Gasteiger partial charge in [0.15, 0.2) is 0 Å². The first-order valence-electron chi connectivity index (χ1n) is 9.71. The monoisotopic (exact) mass is 393 g/mol. The summed E-state index contributed by atoms with van der Waals surface area (Å²) in [7, 11) is 0. The Balaban J connectivity index is 1.51. The zero-order chi connectivity index (χ0) is 19.5. The van der Waals surface area contributed by atoms with Crippen molar-refractivity contribution in [3.05, 3.63) is 71.2 Å². The maximum atomic E-state index is 12.8. The number of carbonyl (C=O) groups excluding carboxylic acids is 1. The van der Waals surface area contributed by atoms with Crippen molar-refractivity contribution in [3.8, 4) is 0 Å². The van der Waals surface area contributed by atoms with Crippen LogP contribution in [0.5, 0.6) is 0 Å². The summed E-state index contributed by atoms with van der Waals surface area (Å²) in [5.74, 6) is -0.128. The first-order valence-corrected chi connectivity index (χ1v) is 10.1. The molecule has 0 aliphatic carbocycles. The Morgan fingerprint density at radius 1 is 1.00 bits per heavy atom. The van der Waals surface area contributed by atoms with Crippen molar-refractivity contribution >= 4 is 39.7 Å². The number of piperazine rings is 1. The highest BCUT2D eigenvalue weighted by Gasteiger charge is 2.18. The number of anilines is 2. The number of halogens is 1. The van der Waals surface area contributed by atoms with Crippen LogP contribution in [0.2, 0.25) is 5.02 Å². The first kappa shape index (κ1) is 18.8. The van der Waals surface area contributed by atoms with Crippen molar-refractivity contribution in [2.75, 3.05) is 42.9 Å². The fraction of sp³-hybridized carbons (Fsp3) is 0.261. The number of fused-ring (bicyclic) bond motifs is 1. The van der Waals surface area contributed by atoms with Crippen molar-refractivity contribution in [1.82, 2.24) is 4.90 Å². The molecule has 1 aliphatic heterocycles. The van der Waals surface area contributed by atoms with E-state index in [0.717, 1.165) is 49.2 Å². The van der Waals surface area contributed by atoms with Gasteiger partial charge in [-0.1, -0.05) is 54.9 Å². The van der Waals surface area contributed by atoms with Crippen molar-refractivity contribution in [2.24, 2.45) is 0 Å². The average molecular weight is 394 g/mol. The highest BCUT2D eigenvalue weighted by Crippen LogP contribution is 2.30. The van der Waals surface area contributed by atoms with Gasteiger partial charge in [-0.15, -0.1) is 0 Å². The van der Waals surface area contributed by atoms with Crippen molar-refractivity contribution in [2.45, 2.75) is 6.92 Å². The fourth-order valence-electron chi connectivity index (χ4n) is 3.77. The molecule has 4 nitrogen and oxygen atoms in total. The van der Waals surface area contributed by atoms with Gasteiger partial charge in [0.05, 0.1) is 10.7 Å². The highest BCUT2D eigenvalue weighted by atomic mass is 35.5. The molecular formula is C23H24ClN3O. The van der Waals surface area contributed by atoms with E-state index in [1.54, 1.807) is 0 Å². The average Bonchev–Trinajstić information content (AvgIpc) is 2.73. The predicted molar refractivity (Wildman–Crippen MR) is 118 cm³/mol. The Hall–Kier alpha value is -2.56. The van der Waals surface area contributed by atoms with Crippen LogP contribution >= 0.6 is 11.6 Å². The summed E-state index contributed by atoms with van der Waals surface area (Å²) in [5.41, 5.74) is 2.40. The quantitative estimate of drug-likeness (QED) is 0.685. The van der Waals surface area contributed by atoms with E-state index in [9.17, 15) is 4.79 Å². The number of rotatable bonds is 4. The second kappa shape index (κ2) is 8.21. The predicted octanol–water partition coefficient (Wildman–Crippen LogP) is 4.89. The van der Waals surface area contributed by atoms with E-state index in [2.05, 4.69) is 22.0 Å². The van der Waals surface area contributed by atoms with Crippen LogP contribution in [0.15, 0.2) is 60.7 Å². The zero-order valence-electron chi connectivity index (χ0n) is 16.0. The molecule has 1 amide bonds. The van der Waals surface area contributed by atoms with E-state index in [-0.39, 0.29) is 5.91 Å². The minimum atomic E-state index is -0.128. The lowest BCUT2D eigenvalue weighted by molar-refractivity contribution is 0.102. The summed E-state index contributed by atoms with van der Waals surface area (Å²) < 4.78 is 0. The van der Waals surface area contributed by atoms with Gasteiger partial charge in [0.1, 0.15) is 0 Å². The maximum absolute atomic E-state index is 12.8. The van der Waals surface area contributed by atoms with Gasteiger partial charge in [-0.05, 0) is 41.6 Å². The third-order valence-corrected chi connectivity index (χ3v) is 5.70. The zero-order valence-corrected chi connectivity index (χ0v) is 16.7. The van der Waals surface area contributed by atoms with Crippen LogP contribution < -0.4 is 10.2 Å². The molecule has 1 saturated heterocycles. The number of carbonyl (C=O) groups is 1. The van der Waals surface area contributed by atoms with Crippen LogP contribution in [0.1, 0.15) is 17.3 Å². The molecule has 144 valence electrons. The summed E-state index contributed by atoms with van der Waals surface area (Å²) in [6, 6.07) is 19.4. The number of likely N-dealkylation sites (N-methyl/N-ethyl adjacent to an activating group) is 1. The molecule has 5 heteroatoms. The Morgan fingerprint density at radius 2 is 1.75 bits per heavy atom. The lowest BCUT2D eigenvalue weighted by Gasteiger charge is -2.36. The Kier molecular flexibility index (Phi) is 5.51. The van der Waals surface area contributed by atoms with Crippen LogP contribution in [0.3, 0.4) is 0 Å². The van der Waals surface area contributed by atoms with Gasteiger partial charge in [0.2, 0.25) is 0 Å². The summed E-state index contributed by atoms with van der Waals surface area (Å²) >= 11 is 6.55. The van der Waals surface area contributed by atoms with E-state index < -0.39 is 0 Å². The molecule has 0 unspecified atom stereocenters. The SMILES string of the molecule is CCN1CCN(c2ccc(NC(=O)c3cccc4ccccc34)cc2Cl)CC1. The van der Waals surface area contributed by atoms with Gasteiger partial charge in [0, 0.05) is 37.4 Å². The van der Waals surface area contributed by atoms with Gasteiger partial charge < -0.3 is 15.1 Å². The van der Waals surface area contributed by atoms with Gasteiger partial charge in [0.25, 0.3) is 5.91 Å². The van der Waals surface area contributed by atoms with Crippen LogP contribution in [0.4, 0.5) is 11.4 Å². The Morgan fingerprint density at radius 3 is 2.50 bits per heavy atom. The van der Waals surface area contributed by atoms with Gasteiger partial charge in [-0.3, -0.25) is 4.79 Å². The second-order valence-electron chi connectivity index (χ2n) is 7.07. The summed E-state index contributed by atoms with van der Waals surface area (Å²) in [4.78, 5) is 17.6. The number of nitrogens with zero attached hydrogens (tertiary/aromatic N) is 2. The van der Waals surface area contributed by atoms with Crippen molar-refractivity contribution in [3.63, 3.8) is 0 Å². The topological polar surface area (TPSA) is 35.6 Å². The van der Waals surface area contributed by atoms with Crippen LogP contribution in [-0.4, -0.2) is 43.5 Å². The molecule has 1 N–H and O–H groups in total. The molecule has 0 aromatic heterocycles. The Bertz CT molecular complexity index is 991. The third kappa shape index (κ3) is 3.84. The molecular weight excluding hydrogens is 370 g/mol. The van der Waals surface area contributed by atoms with Gasteiger partial charge in [-0.25, -0.2) is 0 Å². The normalized spacial score (nSPS) is 15.0. The summed E-state index contributed by atoms with van der Waals surface area (Å²) in [5, 5.41) is 5.65. The molecule has 4 rings (SSSR count). The minimum absolute atomic E-state index is 0.128. The molecule has 0 spiro atoms. The largest absolute Gasteiger partial charge is 0.368 e. The maximum Gasteiger partial charge on any atom is 0.256 e. The van der Waals surface area contributed by atoms with Crippen molar-refractivity contribution < 1.29 is 4.79 Å². The molecule has 3 aromatic rings. The second-order valence-corrected chi connectivity index (χ2v) is 7.48. The number of benzene rings is 3. The van der Waals surface area contributed by atoms with E-state index in [1.807, 2.05) is 60.7 Å². The van der Waals surface area contributed by atoms with E-state index in [4.69, 9.17) is 11.6 Å². The molecule has 0 radical (unpaired) electrons. The minimum Gasteiger partial charge on any atom is -0.368 e. The van der Waals surface area contributed by atoms with Gasteiger partial charge in [-0.2, -0.15) is 0 Å². The van der Waals surface area contributed by atoms with Crippen LogP contribution in [0.25, 0.3) is 10.8 Å². The van der Waals surface area contributed by atoms with Gasteiger partial charge >= 0.3 is 0 Å². The van der Waals surface area contributed by atoms with E-state index in [1.165, 1.54) is 0 Å². The van der Waals surface area contributed by atoms with E-state index >= 15 is 0 Å². The Labute approximate surface area is 170 Å². The smallest absolute Gasteiger partial charge is 0.256 e. The standard InChI is InChI=1S/C23H24ClN3O/c1-2-26-12-14-27(15-13-26)22-11-10-18(16-21(22)24)25-23(28)20-9-5-7-17-6-3-4-8-19(17)20/h3-11,16H,2,12-15H2,1H3,(H,25,28). The summed E-state index contributed by atoms with van der Waals surface area (Å²) in [6.45, 7) is 7.31. The first-order chi connectivity index (χ1) is 13.7. The molecule has 3 aromatic carbocycles. The fourth-order valence-corrected chi connectivity index (χ4v) is 4.07. The number of hydrogen-bond acceptors (Lipinski definition) is 3. The number of amides is 1. The highest BCUT2D eigenvalue weighted by molar-refractivity contribution is 6.33. The molecule has 1 heterocycles. The lowest BCUT2D eigenvalue weighted by Crippen LogP contribution is -2.46. The molecule has 0 bridgehead atoms. The molecule has 1 aliphatic rings. The number of hydrogen-bond donors (Lipinski definition) is 1. The molecule has 1 fully saturated rings. The molecule has 0 atom stereocenters. The van der Waals surface area contributed by atoms with Crippen LogP contribution in [0, 0.1) is 0 Å². The summed E-state index contributed by atoms with van der Waals surface area (Å²) in [6.07, 6.45) is 0. The third-order valence-electron chi connectivity index (χ3n) is 5.40.